The van der Waals surface area contributed by atoms with Gasteiger partial charge in [-0.1, -0.05) is 12.1 Å². The molecule has 3 N–H and O–H groups in total. The van der Waals surface area contributed by atoms with Gasteiger partial charge in [-0.3, -0.25) is 4.79 Å². The molecule has 0 unspecified atom stereocenters. The smallest absolute Gasteiger partial charge is 0.320 e. The zero-order valence-electron chi connectivity index (χ0n) is 9.51. The summed E-state index contributed by atoms with van der Waals surface area (Å²) in [5.74, 6) is -0.204. The lowest BCUT2D eigenvalue weighted by atomic mass is 10.1. The summed E-state index contributed by atoms with van der Waals surface area (Å²) in [6.45, 7) is 3.91. The predicted octanol–water partition coefficient (Wildman–Crippen LogP) is 1.43. The first-order valence-corrected chi connectivity index (χ1v) is 5.23. The van der Waals surface area contributed by atoms with Crippen LogP contribution in [0.1, 0.15) is 19.4 Å². The van der Waals surface area contributed by atoms with Crippen LogP contribution in [0, 0.1) is 0 Å². The van der Waals surface area contributed by atoms with Crippen molar-refractivity contribution in [1.82, 2.24) is 0 Å². The number of carboxylic acid groups (broad SMARTS) is 1. The van der Waals surface area contributed by atoms with Crippen LogP contribution in [-0.2, 0) is 11.2 Å². The van der Waals surface area contributed by atoms with E-state index >= 15 is 0 Å². The maximum absolute atomic E-state index is 10.6. The molecule has 1 aromatic rings. The molecule has 0 aliphatic rings. The van der Waals surface area contributed by atoms with E-state index in [2.05, 4.69) is 0 Å². The number of benzene rings is 1. The van der Waals surface area contributed by atoms with Gasteiger partial charge in [0.05, 0.1) is 6.10 Å². The van der Waals surface area contributed by atoms with Gasteiger partial charge in [0.15, 0.2) is 0 Å². The predicted molar refractivity (Wildman–Crippen MR) is 61.5 cm³/mol. The highest BCUT2D eigenvalue weighted by Crippen LogP contribution is 2.14. The molecule has 4 heteroatoms. The Balaban J connectivity index is 2.61. The van der Waals surface area contributed by atoms with Crippen molar-refractivity contribution in [3.63, 3.8) is 0 Å². The molecule has 0 bridgehead atoms. The van der Waals surface area contributed by atoms with Crippen molar-refractivity contribution in [2.24, 2.45) is 5.73 Å². The summed E-state index contributed by atoms with van der Waals surface area (Å²) < 4.78 is 5.47. The highest BCUT2D eigenvalue weighted by Gasteiger charge is 2.11. The molecule has 1 aromatic carbocycles. The third-order valence-corrected chi connectivity index (χ3v) is 2.07. The molecule has 0 heterocycles. The summed E-state index contributed by atoms with van der Waals surface area (Å²) in [7, 11) is 0. The van der Waals surface area contributed by atoms with E-state index in [1.807, 2.05) is 38.1 Å². The first-order valence-electron chi connectivity index (χ1n) is 5.23. The molecule has 88 valence electrons. The maximum atomic E-state index is 10.6. The summed E-state index contributed by atoms with van der Waals surface area (Å²) in [4.78, 5) is 10.6. The van der Waals surface area contributed by atoms with Crippen molar-refractivity contribution >= 4 is 5.97 Å². The molecule has 0 saturated carbocycles. The van der Waals surface area contributed by atoms with Gasteiger partial charge in [0.1, 0.15) is 11.8 Å². The largest absolute Gasteiger partial charge is 0.491 e. The Kier molecular flexibility index (Phi) is 4.31. The molecule has 0 aliphatic heterocycles. The lowest BCUT2D eigenvalue weighted by Gasteiger charge is -2.11. The molecule has 1 rings (SSSR count). The summed E-state index contributed by atoms with van der Waals surface area (Å²) in [6, 6.07) is 6.46. The zero-order chi connectivity index (χ0) is 12.1. The van der Waals surface area contributed by atoms with Crippen LogP contribution in [0.2, 0.25) is 0 Å². The van der Waals surface area contributed by atoms with Crippen LogP contribution in [0.3, 0.4) is 0 Å². The Labute approximate surface area is 95.0 Å². The summed E-state index contributed by atoms with van der Waals surface area (Å²) >= 11 is 0. The normalized spacial score (nSPS) is 12.5. The van der Waals surface area contributed by atoms with Crippen LogP contribution in [-0.4, -0.2) is 23.2 Å². The number of rotatable bonds is 5. The second-order valence-corrected chi connectivity index (χ2v) is 3.96. The molecule has 0 radical (unpaired) electrons. The van der Waals surface area contributed by atoms with Crippen molar-refractivity contribution in [2.45, 2.75) is 32.4 Å². The average Bonchev–Trinajstić information content (AvgIpc) is 2.20. The molecule has 0 aromatic heterocycles. The average molecular weight is 223 g/mol. The standard InChI is InChI=1S/C12H17NO3/c1-8(2)16-10-5-3-9(4-6-10)7-11(13)12(14)15/h3-6,8,11H,7,13H2,1-2H3,(H,14,15)/t11-/m1/s1. The Bertz CT molecular complexity index is 346. The second-order valence-electron chi connectivity index (χ2n) is 3.96. The van der Waals surface area contributed by atoms with E-state index in [9.17, 15) is 4.79 Å². The monoisotopic (exact) mass is 223 g/mol. The van der Waals surface area contributed by atoms with Gasteiger partial charge in [-0.05, 0) is 38.0 Å². The highest BCUT2D eigenvalue weighted by atomic mass is 16.5. The van der Waals surface area contributed by atoms with E-state index in [4.69, 9.17) is 15.6 Å². The molecule has 4 nitrogen and oxygen atoms in total. The third-order valence-electron chi connectivity index (χ3n) is 2.07. The highest BCUT2D eigenvalue weighted by molar-refractivity contribution is 5.73. The number of nitrogens with two attached hydrogens (primary N) is 1. The number of aliphatic carboxylic acids is 1. The number of hydrogen-bond donors (Lipinski definition) is 2. The van der Waals surface area contributed by atoms with E-state index in [0.29, 0.717) is 6.42 Å². The Morgan fingerprint density at radius 2 is 1.94 bits per heavy atom. The Morgan fingerprint density at radius 1 is 1.38 bits per heavy atom. The van der Waals surface area contributed by atoms with Gasteiger partial charge in [-0.25, -0.2) is 0 Å². The van der Waals surface area contributed by atoms with Gasteiger partial charge in [0.25, 0.3) is 0 Å². The molecule has 1 atom stereocenters. The van der Waals surface area contributed by atoms with Crippen LogP contribution >= 0.6 is 0 Å². The molecular formula is C12H17NO3. The molecule has 0 amide bonds. The Morgan fingerprint density at radius 3 is 2.38 bits per heavy atom. The van der Waals surface area contributed by atoms with Crippen molar-refractivity contribution in [3.05, 3.63) is 29.8 Å². The molecule has 0 aliphatic carbocycles. The maximum Gasteiger partial charge on any atom is 0.320 e. The van der Waals surface area contributed by atoms with E-state index in [1.54, 1.807) is 0 Å². The molecule has 0 saturated heterocycles. The zero-order valence-corrected chi connectivity index (χ0v) is 9.51. The summed E-state index contributed by atoms with van der Waals surface area (Å²) in [5.41, 5.74) is 6.33. The van der Waals surface area contributed by atoms with Crippen LogP contribution in [0.4, 0.5) is 0 Å². The fourth-order valence-corrected chi connectivity index (χ4v) is 1.32. The van der Waals surface area contributed by atoms with Gasteiger partial charge in [-0.15, -0.1) is 0 Å². The lowest BCUT2D eigenvalue weighted by Crippen LogP contribution is -2.32. The van der Waals surface area contributed by atoms with E-state index in [1.165, 1.54) is 0 Å². The Hall–Kier alpha value is -1.55. The molecule has 0 fully saturated rings. The SMILES string of the molecule is CC(C)Oc1ccc(C[C@@H](N)C(=O)O)cc1. The first kappa shape index (κ1) is 12.5. The number of ether oxygens (including phenoxy) is 1. The van der Waals surface area contributed by atoms with Gasteiger partial charge in [0, 0.05) is 0 Å². The lowest BCUT2D eigenvalue weighted by molar-refractivity contribution is -0.138. The van der Waals surface area contributed by atoms with Crippen molar-refractivity contribution in [2.75, 3.05) is 0 Å². The molecule has 0 spiro atoms. The van der Waals surface area contributed by atoms with Crippen LogP contribution in [0.25, 0.3) is 0 Å². The van der Waals surface area contributed by atoms with E-state index < -0.39 is 12.0 Å². The minimum atomic E-state index is -0.984. The molecular weight excluding hydrogens is 206 g/mol. The number of hydrogen-bond acceptors (Lipinski definition) is 3. The minimum absolute atomic E-state index is 0.132. The van der Waals surface area contributed by atoms with Gasteiger partial charge < -0.3 is 15.6 Å². The number of carboxylic acids is 1. The minimum Gasteiger partial charge on any atom is -0.491 e. The molecule has 16 heavy (non-hydrogen) atoms. The van der Waals surface area contributed by atoms with Gasteiger partial charge in [-0.2, -0.15) is 0 Å². The van der Waals surface area contributed by atoms with Crippen molar-refractivity contribution in [1.29, 1.82) is 0 Å². The first-order chi connectivity index (χ1) is 7.49. The topological polar surface area (TPSA) is 72.5 Å². The third kappa shape index (κ3) is 3.90. The van der Waals surface area contributed by atoms with Crippen molar-refractivity contribution < 1.29 is 14.6 Å². The van der Waals surface area contributed by atoms with E-state index in [0.717, 1.165) is 11.3 Å². The second kappa shape index (κ2) is 5.51. The number of carbonyl (C=O) groups is 1. The van der Waals surface area contributed by atoms with Crippen LogP contribution < -0.4 is 10.5 Å². The fourth-order valence-electron chi connectivity index (χ4n) is 1.32. The summed E-state index contributed by atoms with van der Waals surface area (Å²) in [6.07, 6.45) is 0.462. The van der Waals surface area contributed by atoms with Gasteiger partial charge >= 0.3 is 5.97 Å². The van der Waals surface area contributed by atoms with Crippen LogP contribution in [0.15, 0.2) is 24.3 Å². The fraction of sp³-hybridized carbons (Fsp3) is 0.417. The van der Waals surface area contributed by atoms with E-state index in [-0.39, 0.29) is 6.10 Å². The van der Waals surface area contributed by atoms with Crippen molar-refractivity contribution in [3.8, 4) is 5.75 Å². The summed E-state index contributed by atoms with van der Waals surface area (Å²) in [5, 5.41) is 8.67. The quantitative estimate of drug-likeness (QED) is 0.792. The van der Waals surface area contributed by atoms with Gasteiger partial charge in [0.2, 0.25) is 0 Å². The van der Waals surface area contributed by atoms with Crippen LogP contribution in [0.5, 0.6) is 5.75 Å².